The summed E-state index contributed by atoms with van der Waals surface area (Å²) in [7, 11) is 5.06. The van der Waals surface area contributed by atoms with E-state index in [1.54, 1.807) is 21.3 Å². The van der Waals surface area contributed by atoms with Gasteiger partial charge in [-0.15, -0.1) is 0 Å². The van der Waals surface area contributed by atoms with Crippen molar-refractivity contribution >= 4 is 0 Å². The molecule has 5 aliphatic carbocycles. The van der Waals surface area contributed by atoms with Gasteiger partial charge in [0.05, 0.1) is 37.1 Å². The van der Waals surface area contributed by atoms with Gasteiger partial charge in [-0.1, -0.05) is 6.92 Å². The molecule has 32 heavy (non-hydrogen) atoms. The highest BCUT2D eigenvalue weighted by Crippen LogP contribution is 2.83. The third-order valence-corrected chi connectivity index (χ3v) is 11.6. The first-order valence-corrected chi connectivity index (χ1v) is 12.4. The van der Waals surface area contributed by atoms with Crippen LogP contribution in [0.25, 0.3) is 0 Å². The second-order valence-electron chi connectivity index (χ2n) is 11.8. The normalized spacial score (nSPS) is 65.7. The second-order valence-corrected chi connectivity index (χ2v) is 11.8. The molecule has 3 N–H and O–H groups in total. The molecule has 0 aromatic carbocycles. The predicted octanol–water partition coefficient (Wildman–Crippen LogP) is -0.0191. The molecule has 9 rings (SSSR count). The summed E-state index contributed by atoms with van der Waals surface area (Å²) in [6, 6.07) is -0.267. The van der Waals surface area contributed by atoms with Crippen LogP contribution in [0.3, 0.4) is 0 Å². The second kappa shape index (κ2) is 6.08. The molecule has 8 heteroatoms. The van der Waals surface area contributed by atoms with E-state index in [4.69, 9.17) is 18.9 Å². The minimum Gasteiger partial charge on any atom is -0.392 e. The lowest BCUT2D eigenvalue weighted by Crippen LogP contribution is -2.86. The number of piperidine rings is 1. The molecule has 9 bridgehead atoms. The Morgan fingerprint density at radius 3 is 2.59 bits per heavy atom. The summed E-state index contributed by atoms with van der Waals surface area (Å²) in [6.07, 6.45) is 1.31. The summed E-state index contributed by atoms with van der Waals surface area (Å²) >= 11 is 0. The fourth-order valence-corrected chi connectivity index (χ4v) is 11.2. The third-order valence-electron chi connectivity index (χ3n) is 11.6. The Bertz CT molecular complexity index is 839. The molecule has 5 saturated carbocycles. The Morgan fingerprint density at radius 1 is 1.16 bits per heavy atom. The molecule has 0 radical (unpaired) electrons. The van der Waals surface area contributed by atoms with Gasteiger partial charge in [-0.05, 0) is 31.7 Å². The molecular formula is C24H37NO7. The first kappa shape index (κ1) is 21.0. The number of hydrogen-bond donors (Lipinski definition) is 3. The largest absolute Gasteiger partial charge is 0.392 e. The molecule has 14 atom stereocenters. The van der Waals surface area contributed by atoms with Crippen LogP contribution in [0.2, 0.25) is 0 Å². The summed E-state index contributed by atoms with van der Waals surface area (Å²) in [5.74, 6) is -0.374. The summed E-state index contributed by atoms with van der Waals surface area (Å²) in [5.41, 5.74) is -3.69. The van der Waals surface area contributed by atoms with E-state index in [1.165, 1.54) is 0 Å². The van der Waals surface area contributed by atoms with Crippen LogP contribution < -0.4 is 0 Å². The van der Waals surface area contributed by atoms with Crippen molar-refractivity contribution in [3.05, 3.63) is 0 Å². The maximum Gasteiger partial charge on any atom is 0.136 e. The van der Waals surface area contributed by atoms with Crippen LogP contribution in [-0.2, 0) is 18.9 Å². The van der Waals surface area contributed by atoms with Gasteiger partial charge in [0.25, 0.3) is 0 Å². The summed E-state index contributed by atoms with van der Waals surface area (Å²) in [6.45, 7) is 3.37. The van der Waals surface area contributed by atoms with Crippen LogP contribution in [0.15, 0.2) is 0 Å². The number of aliphatic hydroxyl groups excluding tert-OH is 1. The quantitative estimate of drug-likeness (QED) is 0.536. The Labute approximate surface area is 189 Å². The summed E-state index contributed by atoms with van der Waals surface area (Å²) in [5, 5.41) is 36.9. The molecule has 180 valence electrons. The van der Waals surface area contributed by atoms with Crippen molar-refractivity contribution in [1.82, 2.24) is 4.90 Å². The maximum absolute atomic E-state index is 12.9. The van der Waals surface area contributed by atoms with Gasteiger partial charge in [0, 0.05) is 56.3 Å². The van der Waals surface area contributed by atoms with Gasteiger partial charge in [0.2, 0.25) is 0 Å². The van der Waals surface area contributed by atoms with Gasteiger partial charge in [-0.25, -0.2) is 0 Å². The van der Waals surface area contributed by atoms with Crippen LogP contribution in [0.5, 0.6) is 0 Å². The lowest BCUT2D eigenvalue weighted by molar-refractivity contribution is -0.410. The van der Waals surface area contributed by atoms with Gasteiger partial charge < -0.3 is 34.3 Å². The molecule has 0 aromatic heterocycles. The van der Waals surface area contributed by atoms with Gasteiger partial charge in [0.1, 0.15) is 17.4 Å². The van der Waals surface area contributed by atoms with Crippen molar-refractivity contribution in [1.29, 1.82) is 0 Å². The Kier molecular flexibility index (Phi) is 3.99. The highest BCUT2D eigenvalue weighted by atomic mass is 16.5. The van der Waals surface area contributed by atoms with E-state index < -0.39 is 29.3 Å². The first-order valence-electron chi connectivity index (χ1n) is 12.4. The molecule has 9 aliphatic rings. The van der Waals surface area contributed by atoms with Gasteiger partial charge in [-0.2, -0.15) is 0 Å². The Hall–Kier alpha value is -0.320. The molecule has 1 spiro atoms. The van der Waals surface area contributed by atoms with E-state index in [1.807, 2.05) is 0 Å². The zero-order chi connectivity index (χ0) is 22.4. The minimum atomic E-state index is -1.52. The predicted molar refractivity (Wildman–Crippen MR) is 111 cm³/mol. The van der Waals surface area contributed by atoms with E-state index in [0.29, 0.717) is 19.6 Å². The van der Waals surface area contributed by atoms with Crippen LogP contribution in [0.4, 0.5) is 0 Å². The average Bonchev–Trinajstić information content (AvgIpc) is 3.17. The summed E-state index contributed by atoms with van der Waals surface area (Å²) in [4.78, 5) is 2.32. The zero-order valence-electron chi connectivity index (χ0n) is 19.4. The number of aliphatic hydroxyl groups is 3. The van der Waals surface area contributed by atoms with Crippen molar-refractivity contribution in [2.24, 2.45) is 34.5 Å². The standard InChI is InChI=1S/C24H37NO7/c1-5-25-19-23-12-8-11-13(30-3)9-22(27,15(12)16(11)26)24(19,28)18(31-4)17(23)21(10-29-2)7-6-14(23)32-20(21)25/h11-20,26-28H,5-10H2,1-4H3/t11-,12-,13+,14+,15-,16+,17-,18+,19+,20-,21+,22-,23+,24-/m1/s1. The lowest BCUT2D eigenvalue weighted by Gasteiger charge is -2.76. The van der Waals surface area contributed by atoms with Crippen molar-refractivity contribution in [2.45, 2.75) is 80.5 Å². The van der Waals surface area contributed by atoms with Crippen LogP contribution in [0, 0.1) is 34.5 Å². The Balaban J connectivity index is 1.55. The molecule has 4 heterocycles. The fraction of sp³-hybridized carbons (Fsp3) is 1.00. The third kappa shape index (κ3) is 1.70. The van der Waals surface area contributed by atoms with Crippen LogP contribution >= 0.6 is 0 Å². The SMILES string of the molecule is CCN1[C@@H]2O[C@H]3CC[C@]2(COC)[C@H]2[C@H](OC)[C@@]4(O)[C@@H]1[C@@]32[C@@H]1C[C@H]2[C@H](O)[C@@H]1[C@]4(O)C[C@@H]2OC. The first-order chi connectivity index (χ1) is 15.3. The van der Waals surface area contributed by atoms with Gasteiger partial charge >= 0.3 is 0 Å². The summed E-state index contributed by atoms with van der Waals surface area (Å²) < 4.78 is 24.7. The molecule has 8 nitrogen and oxygen atoms in total. The smallest absolute Gasteiger partial charge is 0.136 e. The lowest BCUT2D eigenvalue weighted by atomic mass is 9.41. The number of nitrogens with zero attached hydrogens (tertiary/aromatic N) is 1. The highest BCUT2D eigenvalue weighted by molar-refractivity contribution is 5.43. The van der Waals surface area contributed by atoms with Crippen molar-refractivity contribution < 1.29 is 34.3 Å². The maximum atomic E-state index is 12.9. The minimum absolute atomic E-state index is 0.00204. The molecule has 0 unspecified atom stereocenters. The highest BCUT2D eigenvalue weighted by Gasteiger charge is 2.94. The van der Waals surface area contributed by atoms with Gasteiger partial charge in [0.15, 0.2) is 0 Å². The van der Waals surface area contributed by atoms with Crippen molar-refractivity contribution in [3.8, 4) is 0 Å². The number of likely N-dealkylation sites (N-methyl/N-ethyl adjacent to an activating group) is 1. The van der Waals surface area contributed by atoms with E-state index >= 15 is 0 Å². The molecule has 4 saturated heterocycles. The van der Waals surface area contributed by atoms with Crippen molar-refractivity contribution in [3.63, 3.8) is 0 Å². The molecular weight excluding hydrogens is 414 g/mol. The average molecular weight is 452 g/mol. The topological polar surface area (TPSA) is 101 Å². The zero-order valence-corrected chi connectivity index (χ0v) is 19.4. The molecule has 9 fully saturated rings. The molecule has 0 amide bonds. The van der Waals surface area contributed by atoms with E-state index in [2.05, 4.69) is 11.8 Å². The van der Waals surface area contributed by atoms with Crippen LogP contribution in [0.1, 0.15) is 32.6 Å². The van der Waals surface area contributed by atoms with E-state index in [-0.39, 0.29) is 53.1 Å². The van der Waals surface area contributed by atoms with Crippen molar-refractivity contribution in [2.75, 3.05) is 34.5 Å². The number of ether oxygens (including phenoxy) is 4. The monoisotopic (exact) mass is 451 g/mol. The molecule has 0 aromatic rings. The Morgan fingerprint density at radius 2 is 1.94 bits per heavy atom. The number of fused-ring (bicyclic) bond motifs is 3. The number of rotatable bonds is 5. The fourth-order valence-electron chi connectivity index (χ4n) is 11.2. The molecule has 4 aliphatic heterocycles. The number of methoxy groups -OCH3 is 3. The van der Waals surface area contributed by atoms with Gasteiger partial charge in [-0.3, -0.25) is 4.90 Å². The van der Waals surface area contributed by atoms with Crippen LogP contribution in [-0.4, -0.2) is 103 Å². The van der Waals surface area contributed by atoms with E-state index in [0.717, 1.165) is 19.3 Å². The van der Waals surface area contributed by atoms with E-state index in [9.17, 15) is 15.3 Å². The number of hydrogen-bond acceptors (Lipinski definition) is 8.